The molecule has 0 spiro atoms. The molecule has 3 aromatic carbocycles. The Morgan fingerprint density at radius 3 is 2.32 bits per heavy atom. The number of carbonyl (C=O) groups excluding carboxylic acids is 1. The summed E-state index contributed by atoms with van der Waals surface area (Å²) in [4.78, 5) is 17.3. The molecule has 1 aromatic heterocycles. The Labute approximate surface area is 171 Å². The lowest BCUT2D eigenvalue weighted by Crippen LogP contribution is -2.15. The fraction of sp³-hybridized carbons (Fsp3) is 0.0455. The molecule has 0 bridgehead atoms. The number of hydrogen-bond acceptors (Lipinski definition) is 3. The average Bonchev–Trinajstić information content (AvgIpc) is 3.16. The van der Waals surface area contributed by atoms with Gasteiger partial charge in [-0.15, -0.1) is 5.10 Å². The van der Waals surface area contributed by atoms with Crippen molar-refractivity contribution < 1.29 is 4.79 Å². The first-order valence-electron chi connectivity index (χ1n) is 8.77. The highest BCUT2D eigenvalue weighted by Crippen LogP contribution is 2.23. The number of rotatable bonds is 4. The molecule has 0 aliphatic heterocycles. The molecule has 28 heavy (non-hydrogen) atoms. The number of amides is 1. The Morgan fingerprint density at radius 1 is 0.929 bits per heavy atom. The van der Waals surface area contributed by atoms with E-state index in [1.54, 1.807) is 4.68 Å². The largest absolute Gasteiger partial charge is 0.319 e. The number of anilines is 1. The van der Waals surface area contributed by atoms with Crippen LogP contribution >= 0.6 is 15.9 Å². The molecule has 0 aliphatic rings. The van der Waals surface area contributed by atoms with E-state index in [-0.39, 0.29) is 11.7 Å². The van der Waals surface area contributed by atoms with Crippen molar-refractivity contribution in [1.29, 1.82) is 0 Å². The number of nitrogens with zero attached hydrogens (tertiary/aromatic N) is 3. The van der Waals surface area contributed by atoms with E-state index in [9.17, 15) is 4.79 Å². The van der Waals surface area contributed by atoms with Gasteiger partial charge in [0.25, 0.3) is 5.91 Å². The summed E-state index contributed by atoms with van der Waals surface area (Å²) in [5.41, 5.74) is 3.43. The highest BCUT2D eigenvalue weighted by molar-refractivity contribution is 9.10. The van der Waals surface area contributed by atoms with Gasteiger partial charge in [0, 0.05) is 15.7 Å². The monoisotopic (exact) mass is 432 g/mol. The second-order valence-electron chi connectivity index (χ2n) is 6.28. The van der Waals surface area contributed by atoms with Gasteiger partial charge in [0.1, 0.15) is 0 Å². The number of carbonyl (C=O) groups is 1. The van der Waals surface area contributed by atoms with Crippen molar-refractivity contribution in [3.05, 3.63) is 94.7 Å². The summed E-state index contributed by atoms with van der Waals surface area (Å²) in [5.74, 6) is 0.376. The fourth-order valence-corrected chi connectivity index (χ4v) is 3.10. The molecule has 4 aromatic rings. The second kappa shape index (κ2) is 7.78. The third-order valence-corrected chi connectivity index (χ3v) is 4.84. The minimum absolute atomic E-state index is 0.116. The summed E-state index contributed by atoms with van der Waals surface area (Å²) in [5, 5.41) is 7.38. The standard InChI is InChI=1S/C22H17BrN4O/c1-15-7-5-6-10-19(15)24-22(28)20-25-21(16-11-13-17(23)14-12-16)27(26-20)18-8-3-2-4-9-18/h2-14H,1H3,(H,24,28). The second-order valence-corrected chi connectivity index (χ2v) is 7.20. The van der Waals surface area contributed by atoms with Crippen LogP contribution in [-0.2, 0) is 0 Å². The van der Waals surface area contributed by atoms with E-state index in [4.69, 9.17) is 0 Å². The number of hydrogen-bond donors (Lipinski definition) is 1. The van der Waals surface area contributed by atoms with Gasteiger partial charge >= 0.3 is 0 Å². The van der Waals surface area contributed by atoms with Crippen LogP contribution < -0.4 is 5.32 Å². The first kappa shape index (κ1) is 18.1. The van der Waals surface area contributed by atoms with Gasteiger partial charge in [-0.25, -0.2) is 9.67 Å². The maximum absolute atomic E-state index is 12.8. The molecular weight excluding hydrogens is 416 g/mol. The third kappa shape index (κ3) is 3.73. The summed E-state index contributed by atoms with van der Waals surface area (Å²) in [6.07, 6.45) is 0. The molecule has 0 saturated heterocycles. The first-order valence-corrected chi connectivity index (χ1v) is 9.56. The van der Waals surface area contributed by atoms with Gasteiger partial charge in [0.2, 0.25) is 5.82 Å². The predicted octanol–water partition coefficient (Wildman–Crippen LogP) is 5.26. The summed E-state index contributed by atoms with van der Waals surface area (Å²) in [6.45, 7) is 1.94. The number of para-hydroxylation sites is 2. The zero-order valence-corrected chi connectivity index (χ0v) is 16.7. The summed E-state index contributed by atoms with van der Waals surface area (Å²) in [6, 6.07) is 25.0. The van der Waals surface area contributed by atoms with Crippen molar-refractivity contribution in [3.8, 4) is 17.1 Å². The van der Waals surface area contributed by atoms with E-state index in [2.05, 4.69) is 31.3 Å². The lowest BCUT2D eigenvalue weighted by Gasteiger charge is -2.06. The van der Waals surface area contributed by atoms with Crippen LogP contribution in [0.15, 0.2) is 83.3 Å². The van der Waals surface area contributed by atoms with Crippen molar-refractivity contribution >= 4 is 27.5 Å². The molecule has 0 unspecified atom stereocenters. The molecular formula is C22H17BrN4O. The number of aromatic nitrogens is 3. The summed E-state index contributed by atoms with van der Waals surface area (Å²) in [7, 11) is 0. The van der Waals surface area contributed by atoms with E-state index in [1.807, 2.05) is 85.8 Å². The van der Waals surface area contributed by atoms with E-state index in [0.29, 0.717) is 5.82 Å². The van der Waals surface area contributed by atoms with Crippen LogP contribution in [0.1, 0.15) is 16.2 Å². The first-order chi connectivity index (χ1) is 13.6. The zero-order chi connectivity index (χ0) is 19.5. The maximum atomic E-state index is 12.8. The topological polar surface area (TPSA) is 59.8 Å². The van der Waals surface area contributed by atoms with Crippen molar-refractivity contribution in [2.45, 2.75) is 6.92 Å². The molecule has 1 heterocycles. The van der Waals surface area contributed by atoms with Gasteiger partial charge in [0.15, 0.2) is 5.82 Å². The molecule has 4 rings (SSSR count). The van der Waals surface area contributed by atoms with Crippen molar-refractivity contribution in [1.82, 2.24) is 14.8 Å². The molecule has 0 aliphatic carbocycles. The lowest BCUT2D eigenvalue weighted by molar-refractivity contribution is 0.101. The lowest BCUT2D eigenvalue weighted by atomic mass is 10.2. The van der Waals surface area contributed by atoms with Crippen molar-refractivity contribution in [2.24, 2.45) is 0 Å². The van der Waals surface area contributed by atoms with Crippen molar-refractivity contribution in [3.63, 3.8) is 0 Å². The Hall–Kier alpha value is -3.25. The Morgan fingerprint density at radius 2 is 1.61 bits per heavy atom. The van der Waals surface area contributed by atoms with E-state index >= 15 is 0 Å². The third-order valence-electron chi connectivity index (χ3n) is 4.31. The van der Waals surface area contributed by atoms with Crippen LogP contribution in [0.5, 0.6) is 0 Å². The average molecular weight is 433 g/mol. The molecule has 138 valence electrons. The van der Waals surface area contributed by atoms with Crippen LogP contribution in [0.25, 0.3) is 17.1 Å². The van der Waals surface area contributed by atoms with Gasteiger partial charge in [0.05, 0.1) is 5.69 Å². The summed E-state index contributed by atoms with van der Waals surface area (Å²) < 4.78 is 2.66. The number of nitrogens with one attached hydrogen (secondary N) is 1. The molecule has 1 amide bonds. The molecule has 0 radical (unpaired) electrons. The highest BCUT2D eigenvalue weighted by atomic mass is 79.9. The van der Waals surface area contributed by atoms with Crippen LogP contribution in [0, 0.1) is 6.92 Å². The van der Waals surface area contributed by atoms with Gasteiger partial charge in [-0.05, 0) is 42.8 Å². The van der Waals surface area contributed by atoms with Gasteiger partial charge in [-0.3, -0.25) is 4.79 Å². The molecule has 5 nitrogen and oxygen atoms in total. The molecule has 6 heteroatoms. The van der Waals surface area contributed by atoms with Crippen LogP contribution in [-0.4, -0.2) is 20.7 Å². The quantitative estimate of drug-likeness (QED) is 0.478. The smallest absolute Gasteiger partial charge is 0.295 e. The van der Waals surface area contributed by atoms with Crippen LogP contribution in [0.2, 0.25) is 0 Å². The summed E-state index contributed by atoms with van der Waals surface area (Å²) >= 11 is 3.45. The van der Waals surface area contributed by atoms with E-state index < -0.39 is 0 Å². The van der Waals surface area contributed by atoms with Crippen molar-refractivity contribution in [2.75, 3.05) is 5.32 Å². The highest BCUT2D eigenvalue weighted by Gasteiger charge is 2.19. The van der Waals surface area contributed by atoms with Gasteiger partial charge in [-0.1, -0.05) is 64.5 Å². The number of benzene rings is 3. The molecule has 0 fully saturated rings. The molecule has 0 atom stereocenters. The van der Waals surface area contributed by atoms with Gasteiger partial charge in [-0.2, -0.15) is 0 Å². The number of aryl methyl sites for hydroxylation is 1. The van der Waals surface area contributed by atoms with Crippen LogP contribution in [0.3, 0.4) is 0 Å². The van der Waals surface area contributed by atoms with E-state index in [0.717, 1.165) is 27.0 Å². The normalized spacial score (nSPS) is 10.6. The molecule has 1 N–H and O–H groups in total. The maximum Gasteiger partial charge on any atom is 0.295 e. The Kier molecular flexibility index (Phi) is 5.04. The predicted molar refractivity (Wildman–Crippen MR) is 114 cm³/mol. The SMILES string of the molecule is Cc1ccccc1NC(=O)c1nc(-c2ccc(Br)cc2)n(-c2ccccc2)n1. The Bertz CT molecular complexity index is 1120. The van der Waals surface area contributed by atoms with Gasteiger partial charge < -0.3 is 5.32 Å². The fourth-order valence-electron chi connectivity index (χ4n) is 2.83. The minimum atomic E-state index is -0.345. The molecule has 0 saturated carbocycles. The minimum Gasteiger partial charge on any atom is -0.319 e. The number of halogens is 1. The Balaban J connectivity index is 1.76. The van der Waals surface area contributed by atoms with Crippen LogP contribution in [0.4, 0.5) is 5.69 Å². The van der Waals surface area contributed by atoms with E-state index in [1.165, 1.54) is 0 Å². The zero-order valence-electron chi connectivity index (χ0n) is 15.1.